The number of aryl methyl sites for hydroxylation is 1. The number of halogens is 2. The number of aromatic nitrogens is 1. The lowest BCUT2D eigenvalue weighted by Gasteiger charge is -2.27. The van der Waals surface area contributed by atoms with Crippen LogP contribution in [0.3, 0.4) is 0 Å². The summed E-state index contributed by atoms with van der Waals surface area (Å²) < 4.78 is 13.2. The summed E-state index contributed by atoms with van der Waals surface area (Å²) >= 11 is 7.84. The molecule has 130 valence electrons. The van der Waals surface area contributed by atoms with Crippen LogP contribution in [-0.4, -0.2) is 24.5 Å². The maximum Gasteiger partial charge on any atom is 0.191 e. The number of nitrogens with one attached hydrogen (secondary N) is 2. The van der Waals surface area contributed by atoms with Crippen LogP contribution in [0.15, 0.2) is 29.4 Å². The van der Waals surface area contributed by atoms with Crippen molar-refractivity contribution in [2.45, 2.75) is 32.7 Å². The number of guanidine groups is 1. The van der Waals surface area contributed by atoms with Gasteiger partial charge in [0, 0.05) is 35.1 Å². The lowest BCUT2D eigenvalue weighted by Crippen LogP contribution is -2.43. The van der Waals surface area contributed by atoms with Crippen molar-refractivity contribution in [2.24, 2.45) is 4.99 Å². The smallest absolute Gasteiger partial charge is 0.191 e. The van der Waals surface area contributed by atoms with Crippen molar-refractivity contribution in [1.29, 1.82) is 0 Å². The summed E-state index contributed by atoms with van der Waals surface area (Å²) in [4.78, 5) is 9.72. The molecule has 0 saturated heterocycles. The van der Waals surface area contributed by atoms with Crippen molar-refractivity contribution in [2.75, 3.05) is 13.6 Å². The Balaban J connectivity index is 1.96. The van der Waals surface area contributed by atoms with Crippen LogP contribution < -0.4 is 10.6 Å². The minimum atomic E-state index is -0.330. The molecule has 2 aromatic rings. The second-order valence-corrected chi connectivity index (χ2v) is 7.88. The van der Waals surface area contributed by atoms with Gasteiger partial charge in [-0.3, -0.25) is 4.99 Å². The monoisotopic (exact) mass is 368 g/mol. The highest BCUT2D eigenvalue weighted by Crippen LogP contribution is 2.29. The highest BCUT2D eigenvalue weighted by atomic mass is 35.5. The van der Waals surface area contributed by atoms with Crippen LogP contribution in [0.5, 0.6) is 0 Å². The molecule has 0 aliphatic carbocycles. The normalized spacial score (nSPS) is 12.3. The van der Waals surface area contributed by atoms with Gasteiger partial charge in [0.2, 0.25) is 0 Å². The molecule has 0 unspecified atom stereocenters. The largest absolute Gasteiger partial charge is 0.356 e. The van der Waals surface area contributed by atoms with E-state index in [9.17, 15) is 4.39 Å². The zero-order chi connectivity index (χ0) is 17.7. The van der Waals surface area contributed by atoms with Gasteiger partial charge in [0.25, 0.3) is 0 Å². The average Bonchev–Trinajstić information content (AvgIpc) is 2.92. The van der Waals surface area contributed by atoms with Crippen LogP contribution in [0, 0.1) is 12.7 Å². The van der Waals surface area contributed by atoms with Gasteiger partial charge in [0.1, 0.15) is 10.8 Å². The summed E-state index contributed by atoms with van der Waals surface area (Å²) in [6, 6.07) is 4.51. The Morgan fingerprint density at radius 2 is 2.12 bits per heavy atom. The van der Waals surface area contributed by atoms with Crippen molar-refractivity contribution < 1.29 is 4.39 Å². The fourth-order valence-corrected chi connectivity index (χ4v) is 3.45. The maximum absolute atomic E-state index is 13.2. The molecule has 24 heavy (non-hydrogen) atoms. The highest BCUT2D eigenvalue weighted by molar-refractivity contribution is 7.11. The summed E-state index contributed by atoms with van der Waals surface area (Å²) in [6.07, 6.45) is 1.86. The standard InChI is InChI=1S/C17H22ClFN4S/c1-11-8-21-15(24-11)9-22-16(20-4)23-10-17(2,3)13-6-5-12(19)7-14(13)18/h5-8H,9-10H2,1-4H3,(H2,20,22,23). The van der Waals surface area contributed by atoms with Crippen LogP contribution in [0.4, 0.5) is 4.39 Å². The van der Waals surface area contributed by atoms with Crippen LogP contribution >= 0.6 is 22.9 Å². The number of thiazole rings is 1. The molecule has 0 bridgehead atoms. The second kappa shape index (κ2) is 7.94. The molecule has 0 fully saturated rings. The molecule has 0 aliphatic rings. The van der Waals surface area contributed by atoms with E-state index in [2.05, 4.69) is 34.5 Å². The van der Waals surface area contributed by atoms with Crippen molar-refractivity contribution in [3.8, 4) is 0 Å². The van der Waals surface area contributed by atoms with Gasteiger partial charge in [-0.2, -0.15) is 0 Å². The first-order chi connectivity index (χ1) is 11.3. The SMILES string of the molecule is CN=C(NCc1ncc(C)s1)NCC(C)(C)c1ccc(F)cc1Cl. The number of benzene rings is 1. The first-order valence-electron chi connectivity index (χ1n) is 7.63. The third-order valence-corrected chi connectivity index (χ3v) is 4.88. The first-order valence-corrected chi connectivity index (χ1v) is 8.82. The van der Waals surface area contributed by atoms with E-state index < -0.39 is 0 Å². The van der Waals surface area contributed by atoms with Crippen molar-refractivity contribution in [3.05, 3.63) is 50.7 Å². The van der Waals surface area contributed by atoms with Crippen LogP contribution in [0.25, 0.3) is 0 Å². The lowest BCUT2D eigenvalue weighted by molar-refractivity contribution is 0.507. The molecule has 0 aliphatic heterocycles. The molecule has 2 N–H and O–H groups in total. The Hall–Kier alpha value is -1.66. The number of hydrogen-bond acceptors (Lipinski definition) is 3. The van der Waals surface area contributed by atoms with Gasteiger partial charge in [0.05, 0.1) is 6.54 Å². The van der Waals surface area contributed by atoms with E-state index in [1.165, 1.54) is 17.0 Å². The fraction of sp³-hybridized carbons (Fsp3) is 0.412. The Morgan fingerprint density at radius 3 is 2.71 bits per heavy atom. The fourth-order valence-electron chi connectivity index (χ4n) is 2.30. The summed E-state index contributed by atoms with van der Waals surface area (Å²) in [5.41, 5.74) is 0.615. The first kappa shape index (κ1) is 18.7. The third kappa shape index (κ3) is 4.92. The van der Waals surface area contributed by atoms with E-state index in [0.29, 0.717) is 24.1 Å². The third-order valence-electron chi connectivity index (χ3n) is 3.66. The van der Waals surface area contributed by atoms with Gasteiger partial charge in [-0.05, 0) is 24.6 Å². The van der Waals surface area contributed by atoms with E-state index >= 15 is 0 Å². The van der Waals surface area contributed by atoms with E-state index in [1.807, 2.05) is 13.1 Å². The van der Waals surface area contributed by atoms with E-state index in [0.717, 1.165) is 10.6 Å². The summed E-state index contributed by atoms with van der Waals surface area (Å²) in [7, 11) is 1.72. The van der Waals surface area contributed by atoms with Crippen LogP contribution in [0.2, 0.25) is 5.02 Å². The second-order valence-electron chi connectivity index (χ2n) is 6.15. The maximum atomic E-state index is 13.2. The minimum Gasteiger partial charge on any atom is -0.356 e. The summed E-state index contributed by atoms with van der Waals surface area (Å²) in [6.45, 7) is 7.36. The molecule has 1 aromatic carbocycles. The molecule has 0 amide bonds. The number of rotatable bonds is 5. The number of aliphatic imine (C=N–C) groups is 1. The van der Waals surface area contributed by atoms with Gasteiger partial charge in [-0.15, -0.1) is 11.3 Å². The molecule has 1 aromatic heterocycles. The summed E-state index contributed by atoms with van der Waals surface area (Å²) in [5, 5.41) is 7.97. The minimum absolute atomic E-state index is 0.278. The Labute approximate surface area is 151 Å². The molecule has 0 spiro atoms. The van der Waals surface area contributed by atoms with Gasteiger partial charge >= 0.3 is 0 Å². The number of nitrogens with zero attached hydrogens (tertiary/aromatic N) is 2. The molecule has 0 radical (unpaired) electrons. The summed E-state index contributed by atoms with van der Waals surface area (Å²) in [5.74, 6) is 0.359. The molecule has 0 saturated carbocycles. The predicted octanol–water partition coefficient (Wildman–Crippen LogP) is 3.89. The van der Waals surface area contributed by atoms with Gasteiger partial charge < -0.3 is 10.6 Å². The van der Waals surface area contributed by atoms with Gasteiger partial charge in [0.15, 0.2) is 5.96 Å². The zero-order valence-electron chi connectivity index (χ0n) is 14.3. The molecule has 0 atom stereocenters. The van der Waals surface area contributed by atoms with Crippen LogP contribution in [0.1, 0.15) is 29.3 Å². The highest BCUT2D eigenvalue weighted by Gasteiger charge is 2.24. The molecular weight excluding hydrogens is 347 g/mol. The van der Waals surface area contributed by atoms with Crippen molar-refractivity contribution in [3.63, 3.8) is 0 Å². The molecular formula is C17H22ClFN4S. The Morgan fingerprint density at radius 1 is 1.38 bits per heavy atom. The van der Waals surface area contributed by atoms with Gasteiger partial charge in [-0.25, -0.2) is 9.37 Å². The number of hydrogen-bond donors (Lipinski definition) is 2. The van der Waals surface area contributed by atoms with E-state index in [4.69, 9.17) is 11.6 Å². The van der Waals surface area contributed by atoms with Crippen molar-refractivity contribution in [1.82, 2.24) is 15.6 Å². The predicted molar refractivity (Wildman–Crippen MR) is 99.5 cm³/mol. The van der Waals surface area contributed by atoms with Crippen LogP contribution in [-0.2, 0) is 12.0 Å². The average molecular weight is 369 g/mol. The van der Waals surface area contributed by atoms with Gasteiger partial charge in [-0.1, -0.05) is 31.5 Å². The lowest BCUT2D eigenvalue weighted by atomic mass is 9.84. The molecule has 2 rings (SSSR count). The Kier molecular flexibility index (Phi) is 6.18. The Bertz CT molecular complexity index is 727. The quantitative estimate of drug-likeness (QED) is 0.621. The zero-order valence-corrected chi connectivity index (χ0v) is 15.9. The van der Waals surface area contributed by atoms with Crippen molar-refractivity contribution >= 4 is 28.9 Å². The topological polar surface area (TPSA) is 49.3 Å². The van der Waals surface area contributed by atoms with E-state index in [1.54, 1.807) is 24.5 Å². The van der Waals surface area contributed by atoms with E-state index in [-0.39, 0.29) is 11.2 Å². The molecule has 4 nitrogen and oxygen atoms in total. The molecule has 1 heterocycles. The molecule has 7 heteroatoms.